The van der Waals surface area contributed by atoms with Crippen LogP contribution in [0, 0.1) is 20.8 Å². The van der Waals surface area contributed by atoms with Crippen LogP contribution in [0.25, 0.3) is 33.9 Å². The zero-order chi connectivity index (χ0) is 26.1. The Balaban J connectivity index is 1.55. The summed E-state index contributed by atoms with van der Waals surface area (Å²) in [6.45, 7) is 5.62. The lowest BCUT2D eigenvalue weighted by molar-refractivity contribution is -0.116. The molecule has 9 nitrogen and oxygen atoms in total. The van der Waals surface area contributed by atoms with Crippen LogP contribution in [-0.2, 0) is 11.3 Å². The number of pyridine rings is 2. The van der Waals surface area contributed by atoms with Crippen molar-refractivity contribution >= 4 is 22.6 Å². The van der Waals surface area contributed by atoms with Crippen molar-refractivity contribution in [3.63, 3.8) is 0 Å². The van der Waals surface area contributed by atoms with Gasteiger partial charge in [0.05, 0.1) is 18.2 Å². The molecule has 0 fully saturated rings. The first-order valence-electron chi connectivity index (χ1n) is 11.7. The van der Waals surface area contributed by atoms with Crippen molar-refractivity contribution in [3.8, 4) is 28.6 Å². The number of fused-ring (bicyclic) bond motifs is 1. The minimum atomic E-state index is -0.311. The average molecular weight is 496 g/mol. The highest BCUT2D eigenvalue weighted by atomic mass is 16.5. The van der Waals surface area contributed by atoms with Crippen molar-refractivity contribution in [2.24, 2.45) is 0 Å². The molecule has 3 aromatic heterocycles. The number of benzene rings is 2. The molecular formula is C28H25N5O4. The predicted octanol–water partition coefficient (Wildman–Crippen LogP) is 4.69. The summed E-state index contributed by atoms with van der Waals surface area (Å²) in [6.07, 6.45) is 1.54. The number of nitrogens with one attached hydrogen (secondary N) is 1. The second-order valence-electron chi connectivity index (χ2n) is 8.87. The van der Waals surface area contributed by atoms with Gasteiger partial charge >= 0.3 is 0 Å². The number of hydrogen-bond donors (Lipinski definition) is 1. The Bertz CT molecular complexity index is 1700. The lowest BCUT2D eigenvalue weighted by Gasteiger charge is -2.14. The van der Waals surface area contributed by atoms with E-state index in [1.807, 2.05) is 57.2 Å². The fourth-order valence-electron chi connectivity index (χ4n) is 4.13. The first kappa shape index (κ1) is 23.9. The van der Waals surface area contributed by atoms with E-state index in [2.05, 4.69) is 20.4 Å². The van der Waals surface area contributed by atoms with Crippen molar-refractivity contribution in [3.05, 3.63) is 87.8 Å². The second-order valence-corrected chi connectivity index (χ2v) is 8.87. The van der Waals surface area contributed by atoms with Crippen LogP contribution < -0.4 is 15.5 Å². The van der Waals surface area contributed by atoms with Gasteiger partial charge in [-0.25, -0.2) is 4.98 Å². The van der Waals surface area contributed by atoms with E-state index in [1.165, 1.54) is 6.20 Å². The van der Waals surface area contributed by atoms with Crippen LogP contribution in [0.2, 0.25) is 0 Å². The van der Waals surface area contributed by atoms with Gasteiger partial charge in [0.1, 0.15) is 23.5 Å². The van der Waals surface area contributed by atoms with Crippen LogP contribution >= 0.6 is 0 Å². The summed E-state index contributed by atoms with van der Waals surface area (Å²) in [5.74, 6) is 0.677. The molecule has 9 heteroatoms. The molecule has 0 saturated heterocycles. The average Bonchev–Trinajstić information content (AvgIpc) is 3.36. The van der Waals surface area contributed by atoms with Crippen molar-refractivity contribution in [1.82, 2.24) is 19.7 Å². The Hall–Kier alpha value is -4.79. The van der Waals surface area contributed by atoms with Crippen LogP contribution in [0.1, 0.15) is 16.8 Å². The highest BCUT2D eigenvalue weighted by Crippen LogP contribution is 2.26. The third-order valence-corrected chi connectivity index (χ3v) is 5.94. The predicted molar refractivity (Wildman–Crippen MR) is 141 cm³/mol. The van der Waals surface area contributed by atoms with Crippen LogP contribution in [0.4, 0.5) is 5.69 Å². The lowest BCUT2D eigenvalue weighted by Crippen LogP contribution is -2.22. The van der Waals surface area contributed by atoms with E-state index >= 15 is 0 Å². The van der Waals surface area contributed by atoms with Gasteiger partial charge in [0.25, 0.3) is 5.89 Å². The number of aryl methyl sites for hydroxylation is 3. The molecule has 0 spiro atoms. The first-order chi connectivity index (χ1) is 17.8. The van der Waals surface area contributed by atoms with Crippen molar-refractivity contribution < 1.29 is 14.1 Å². The molecule has 0 unspecified atom stereocenters. The van der Waals surface area contributed by atoms with Crippen LogP contribution in [0.5, 0.6) is 5.75 Å². The molecule has 0 saturated carbocycles. The van der Waals surface area contributed by atoms with E-state index in [0.29, 0.717) is 34.0 Å². The molecule has 0 atom stereocenters. The summed E-state index contributed by atoms with van der Waals surface area (Å²) in [7, 11) is 1.55. The van der Waals surface area contributed by atoms with Gasteiger partial charge in [0.15, 0.2) is 0 Å². The Labute approximate surface area is 212 Å². The van der Waals surface area contributed by atoms with E-state index in [9.17, 15) is 9.59 Å². The van der Waals surface area contributed by atoms with E-state index < -0.39 is 0 Å². The number of carbonyl (C=O) groups excluding carboxylic acids is 1. The first-order valence-corrected chi connectivity index (χ1v) is 11.7. The number of hydrogen-bond acceptors (Lipinski definition) is 7. The highest BCUT2D eigenvalue weighted by molar-refractivity contribution is 5.93. The number of aromatic nitrogens is 4. The van der Waals surface area contributed by atoms with Crippen LogP contribution in [-0.4, -0.2) is 32.7 Å². The topological polar surface area (TPSA) is 112 Å². The zero-order valence-corrected chi connectivity index (χ0v) is 20.9. The Morgan fingerprint density at radius 1 is 1.03 bits per heavy atom. The Morgan fingerprint density at radius 3 is 2.62 bits per heavy atom. The van der Waals surface area contributed by atoms with Gasteiger partial charge in [-0.2, -0.15) is 4.98 Å². The molecule has 0 aliphatic carbocycles. The van der Waals surface area contributed by atoms with Gasteiger partial charge in [-0.05, 0) is 56.7 Å². The summed E-state index contributed by atoms with van der Waals surface area (Å²) in [5, 5.41) is 7.31. The lowest BCUT2D eigenvalue weighted by atomic mass is 10.1. The minimum Gasteiger partial charge on any atom is -0.495 e. The maximum atomic E-state index is 13.4. The summed E-state index contributed by atoms with van der Waals surface area (Å²) < 4.78 is 12.5. The van der Waals surface area contributed by atoms with Crippen molar-refractivity contribution in [2.75, 3.05) is 12.4 Å². The summed E-state index contributed by atoms with van der Waals surface area (Å²) >= 11 is 0. The SMILES string of the molecule is COc1ccc(C)cc1NC(=O)Cn1cc(-c2nc(-c3cccc(C)c3)no2)c(=O)c2ccc(C)nc21. The van der Waals surface area contributed by atoms with Gasteiger partial charge in [0.2, 0.25) is 17.2 Å². The number of carbonyl (C=O) groups is 1. The molecule has 3 heterocycles. The fourth-order valence-corrected chi connectivity index (χ4v) is 4.13. The molecule has 1 amide bonds. The third-order valence-electron chi connectivity index (χ3n) is 5.94. The van der Waals surface area contributed by atoms with Gasteiger partial charge < -0.3 is 19.1 Å². The Kier molecular flexibility index (Phi) is 6.27. The van der Waals surface area contributed by atoms with E-state index in [4.69, 9.17) is 9.26 Å². The number of anilines is 1. The molecule has 0 aliphatic heterocycles. The van der Waals surface area contributed by atoms with Gasteiger partial charge in [-0.15, -0.1) is 0 Å². The van der Waals surface area contributed by atoms with E-state index in [-0.39, 0.29) is 29.3 Å². The molecule has 2 aromatic carbocycles. The van der Waals surface area contributed by atoms with E-state index in [0.717, 1.165) is 16.7 Å². The number of nitrogens with zero attached hydrogens (tertiary/aromatic N) is 4. The maximum absolute atomic E-state index is 13.4. The smallest absolute Gasteiger partial charge is 0.263 e. The molecular weight excluding hydrogens is 470 g/mol. The van der Waals surface area contributed by atoms with Gasteiger partial charge in [-0.3, -0.25) is 9.59 Å². The van der Waals surface area contributed by atoms with E-state index in [1.54, 1.807) is 29.9 Å². The van der Waals surface area contributed by atoms with Crippen molar-refractivity contribution in [2.45, 2.75) is 27.3 Å². The molecule has 5 aromatic rings. The number of methoxy groups -OCH3 is 1. The molecule has 0 bridgehead atoms. The molecule has 0 aliphatic rings. The molecule has 0 radical (unpaired) electrons. The molecule has 37 heavy (non-hydrogen) atoms. The number of rotatable bonds is 6. The normalized spacial score (nSPS) is 11.0. The van der Waals surface area contributed by atoms with Crippen LogP contribution in [0.3, 0.4) is 0 Å². The second kappa shape index (κ2) is 9.69. The standard InChI is InChI=1S/C28H25N5O4/c1-16-6-5-7-19(12-16)26-31-28(37-32-26)21-14-33(27-20(25(21)35)10-9-18(3)29-27)15-24(34)30-22-13-17(2)8-11-23(22)36-4/h5-14H,15H2,1-4H3,(H,30,34). The third kappa shape index (κ3) is 4.84. The quantitative estimate of drug-likeness (QED) is 0.364. The largest absolute Gasteiger partial charge is 0.495 e. The fraction of sp³-hybridized carbons (Fsp3) is 0.179. The summed E-state index contributed by atoms with van der Waals surface area (Å²) in [6, 6.07) is 16.7. The maximum Gasteiger partial charge on any atom is 0.263 e. The minimum absolute atomic E-state index is 0.0680. The molecule has 1 N–H and O–H groups in total. The highest BCUT2D eigenvalue weighted by Gasteiger charge is 2.19. The molecule has 5 rings (SSSR count). The van der Waals surface area contributed by atoms with Gasteiger partial charge in [-0.1, -0.05) is 35.0 Å². The van der Waals surface area contributed by atoms with Crippen molar-refractivity contribution in [1.29, 1.82) is 0 Å². The summed E-state index contributed by atoms with van der Waals surface area (Å²) in [4.78, 5) is 35.5. The van der Waals surface area contributed by atoms with Crippen LogP contribution in [0.15, 0.2) is 70.1 Å². The zero-order valence-electron chi connectivity index (χ0n) is 20.9. The monoisotopic (exact) mass is 495 g/mol. The van der Waals surface area contributed by atoms with Gasteiger partial charge in [0, 0.05) is 17.5 Å². The summed E-state index contributed by atoms with van der Waals surface area (Å²) in [5.41, 5.74) is 4.35. The number of amides is 1. The number of ether oxygens (including phenoxy) is 1. The Morgan fingerprint density at radius 2 is 1.84 bits per heavy atom. The molecule has 186 valence electrons.